The van der Waals surface area contributed by atoms with E-state index in [9.17, 15) is 14.7 Å². The molecule has 0 aromatic carbocycles. The summed E-state index contributed by atoms with van der Waals surface area (Å²) in [5.41, 5.74) is -0.769. The van der Waals surface area contributed by atoms with Crippen molar-refractivity contribution in [1.82, 2.24) is 10.2 Å². The second-order valence-electron chi connectivity index (χ2n) is 5.58. The monoisotopic (exact) mass is 256 g/mol. The molecule has 1 heterocycles. The fourth-order valence-electron chi connectivity index (χ4n) is 2.62. The van der Waals surface area contributed by atoms with E-state index in [0.29, 0.717) is 26.1 Å². The Morgan fingerprint density at radius 3 is 2.39 bits per heavy atom. The number of carbonyl (C=O) groups is 2. The van der Waals surface area contributed by atoms with Crippen LogP contribution in [0.15, 0.2) is 0 Å². The van der Waals surface area contributed by atoms with Gasteiger partial charge in [-0.1, -0.05) is 20.8 Å². The second-order valence-corrected chi connectivity index (χ2v) is 5.58. The lowest BCUT2D eigenvalue weighted by Crippen LogP contribution is -2.42. The SMILES string of the molecule is CNCC(C)C(=O)N1CCC(C(=O)O)(C(C)C)C1. The molecule has 1 fully saturated rings. The Morgan fingerprint density at radius 2 is 2.00 bits per heavy atom. The third kappa shape index (κ3) is 2.66. The third-order valence-corrected chi connectivity index (χ3v) is 4.08. The minimum atomic E-state index is -0.783. The van der Waals surface area contributed by atoms with Crippen LogP contribution in [-0.2, 0) is 9.59 Å². The van der Waals surface area contributed by atoms with Gasteiger partial charge in [-0.15, -0.1) is 0 Å². The molecule has 0 aromatic heterocycles. The number of carboxylic acids is 1. The lowest BCUT2D eigenvalue weighted by atomic mass is 9.76. The summed E-state index contributed by atoms with van der Waals surface area (Å²) in [5, 5.41) is 12.4. The zero-order valence-corrected chi connectivity index (χ0v) is 11.7. The molecule has 0 bridgehead atoms. The van der Waals surface area contributed by atoms with Crippen molar-refractivity contribution in [2.75, 3.05) is 26.7 Å². The normalized spacial score (nSPS) is 25.5. The first-order chi connectivity index (χ1) is 8.35. The Labute approximate surface area is 109 Å². The van der Waals surface area contributed by atoms with Crippen molar-refractivity contribution in [3.05, 3.63) is 0 Å². The van der Waals surface area contributed by atoms with Gasteiger partial charge < -0.3 is 15.3 Å². The molecule has 0 radical (unpaired) electrons. The van der Waals surface area contributed by atoms with Gasteiger partial charge in [0.25, 0.3) is 0 Å². The van der Waals surface area contributed by atoms with Crippen molar-refractivity contribution < 1.29 is 14.7 Å². The zero-order valence-electron chi connectivity index (χ0n) is 11.7. The summed E-state index contributed by atoms with van der Waals surface area (Å²) in [6, 6.07) is 0. The van der Waals surface area contributed by atoms with Gasteiger partial charge in [-0.2, -0.15) is 0 Å². The number of hydrogen-bond donors (Lipinski definition) is 2. The minimum Gasteiger partial charge on any atom is -0.481 e. The Hall–Kier alpha value is -1.10. The first-order valence-electron chi connectivity index (χ1n) is 6.52. The number of nitrogens with one attached hydrogen (secondary N) is 1. The molecule has 2 N–H and O–H groups in total. The molecule has 1 amide bonds. The highest BCUT2D eigenvalue weighted by Crippen LogP contribution is 2.38. The second kappa shape index (κ2) is 5.69. The summed E-state index contributed by atoms with van der Waals surface area (Å²) in [4.78, 5) is 25.3. The van der Waals surface area contributed by atoms with Gasteiger partial charge in [0.2, 0.25) is 5.91 Å². The van der Waals surface area contributed by atoms with E-state index in [1.54, 1.807) is 4.90 Å². The summed E-state index contributed by atoms with van der Waals surface area (Å²) < 4.78 is 0. The molecule has 0 aliphatic carbocycles. The number of carboxylic acid groups (broad SMARTS) is 1. The lowest BCUT2D eigenvalue weighted by Gasteiger charge is -2.29. The van der Waals surface area contributed by atoms with Crippen LogP contribution in [0.3, 0.4) is 0 Å². The highest BCUT2D eigenvalue weighted by molar-refractivity contribution is 5.82. The van der Waals surface area contributed by atoms with Crippen LogP contribution in [0.2, 0.25) is 0 Å². The average Bonchev–Trinajstić information content (AvgIpc) is 2.74. The Morgan fingerprint density at radius 1 is 1.39 bits per heavy atom. The fourth-order valence-corrected chi connectivity index (χ4v) is 2.62. The van der Waals surface area contributed by atoms with Crippen LogP contribution in [-0.4, -0.2) is 48.6 Å². The molecule has 1 rings (SSSR count). The van der Waals surface area contributed by atoms with Crippen molar-refractivity contribution in [2.45, 2.75) is 27.2 Å². The quantitative estimate of drug-likeness (QED) is 0.763. The molecule has 1 saturated heterocycles. The average molecular weight is 256 g/mol. The molecule has 5 nitrogen and oxygen atoms in total. The third-order valence-electron chi connectivity index (χ3n) is 4.08. The molecule has 0 spiro atoms. The van der Waals surface area contributed by atoms with E-state index < -0.39 is 11.4 Å². The molecule has 0 saturated carbocycles. The first-order valence-corrected chi connectivity index (χ1v) is 6.52. The largest absolute Gasteiger partial charge is 0.481 e. The van der Waals surface area contributed by atoms with Gasteiger partial charge in [0.15, 0.2) is 0 Å². The molecule has 18 heavy (non-hydrogen) atoms. The van der Waals surface area contributed by atoms with Crippen LogP contribution in [0, 0.1) is 17.3 Å². The maximum atomic E-state index is 12.2. The van der Waals surface area contributed by atoms with Crippen LogP contribution in [0.5, 0.6) is 0 Å². The van der Waals surface area contributed by atoms with Gasteiger partial charge in [-0.3, -0.25) is 9.59 Å². The summed E-state index contributed by atoms with van der Waals surface area (Å²) in [5.74, 6) is -0.804. The van der Waals surface area contributed by atoms with E-state index >= 15 is 0 Å². The van der Waals surface area contributed by atoms with Crippen molar-refractivity contribution in [3.8, 4) is 0 Å². The van der Waals surface area contributed by atoms with Gasteiger partial charge in [-0.05, 0) is 19.4 Å². The van der Waals surface area contributed by atoms with Crippen molar-refractivity contribution in [2.24, 2.45) is 17.3 Å². The number of likely N-dealkylation sites (tertiary alicyclic amines) is 1. The van der Waals surface area contributed by atoms with Crippen LogP contribution in [0.4, 0.5) is 0 Å². The molecule has 1 aliphatic rings. The summed E-state index contributed by atoms with van der Waals surface area (Å²) in [6.45, 7) is 7.22. The van der Waals surface area contributed by atoms with Crippen molar-refractivity contribution in [3.63, 3.8) is 0 Å². The van der Waals surface area contributed by atoms with Gasteiger partial charge in [0.05, 0.1) is 5.41 Å². The molecule has 0 aromatic rings. The zero-order chi connectivity index (χ0) is 13.9. The van der Waals surface area contributed by atoms with Gasteiger partial charge in [-0.25, -0.2) is 0 Å². The van der Waals surface area contributed by atoms with E-state index in [4.69, 9.17) is 0 Å². The number of rotatable bonds is 5. The minimum absolute atomic E-state index is 0.0346. The lowest BCUT2D eigenvalue weighted by molar-refractivity contribution is -0.151. The van der Waals surface area contributed by atoms with E-state index in [0.717, 1.165) is 0 Å². The number of aliphatic carboxylic acids is 1. The van der Waals surface area contributed by atoms with Gasteiger partial charge in [0, 0.05) is 25.6 Å². The number of hydrogen-bond acceptors (Lipinski definition) is 3. The Bertz CT molecular complexity index is 330. The number of carbonyl (C=O) groups excluding carboxylic acids is 1. The number of nitrogens with zero attached hydrogens (tertiary/aromatic N) is 1. The summed E-state index contributed by atoms with van der Waals surface area (Å²) >= 11 is 0. The fraction of sp³-hybridized carbons (Fsp3) is 0.846. The Kier molecular flexibility index (Phi) is 4.73. The number of amides is 1. The standard InChI is InChI=1S/C13H24N2O3/c1-9(2)13(12(17)18)5-6-15(8-13)11(16)10(3)7-14-4/h9-10,14H,5-8H2,1-4H3,(H,17,18). The summed E-state index contributed by atoms with van der Waals surface area (Å²) in [7, 11) is 1.81. The molecule has 2 unspecified atom stereocenters. The maximum Gasteiger partial charge on any atom is 0.311 e. The van der Waals surface area contributed by atoms with E-state index in [-0.39, 0.29) is 17.7 Å². The van der Waals surface area contributed by atoms with E-state index in [1.165, 1.54) is 0 Å². The summed E-state index contributed by atoms with van der Waals surface area (Å²) in [6.07, 6.45) is 0.554. The highest BCUT2D eigenvalue weighted by atomic mass is 16.4. The Balaban J connectivity index is 2.75. The molecular weight excluding hydrogens is 232 g/mol. The smallest absolute Gasteiger partial charge is 0.311 e. The molecule has 5 heteroatoms. The topological polar surface area (TPSA) is 69.6 Å². The van der Waals surface area contributed by atoms with Gasteiger partial charge >= 0.3 is 5.97 Å². The maximum absolute atomic E-state index is 12.2. The predicted octanol–water partition coefficient (Wildman–Crippen LogP) is 0.801. The molecular formula is C13H24N2O3. The van der Waals surface area contributed by atoms with E-state index in [1.807, 2.05) is 27.8 Å². The van der Waals surface area contributed by atoms with Crippen LogP contribution in [0.1, 0.15) is 27.2 Å². The van der Waals surface area contributed by atoms with Crippen LogP contribution in [0.25, 0.3) is 0 Å². The van der Waals surface area contributed by atoms with E-state index in [2.05, 4.69) is 5.32 Å². The van der Waals surface area contributed by atoms with Gasteiger partial charge in [0.1, 0.15) is 0 Å². The first kappa shape index (κ1) is 15.0. The predicted molar refractivity (Wildman–Crippen MR) is 69.2 cm³/mol. The molecule has 1 aliphatic heterocycles. The molecule has 104 valence electrons. The molecule has 2 atom stereocenters. The van der Waals surface area contributed by atoms with Crippen molar-refractivity contribution in [1.29, 1.82) is 0 Å². The van der Waals surface area contributed by atoms with Crippen LogP contribution < -0.4 is 5.32 Å². The van der Waals surface area contributed by atoms with Crippen molar-refractivity contribution >= 4 is 11.9 Å². The van der Waals surface area contributed by atoms with Crippen LogP contribution >= 0.6 is 0 Å². The highest BCUT2D eigenvalue weighted by Gasteiger charge is 2.48.